The van der Waals surface area contributed by atoms with Crippen LogP contribution >= 0.6 is 46.4 Å². The zero-order valence-electron chi connectivity index (χ0n) is 25.2. The van der Waals surface area contributed by atoms with Crippen LogP contribution in [0, 0.1) is 0 Å². The third-order valence-electron chi connectivity index (χ3n) is 7.35. The van der Waals surface area contributed by atoms with Crippen molar-refractivity contribution < 1.29 is 18.0 Å². The van der Waals surface area contributed by atoms with E-state index in [1.807, 2.05) is 44.2 Å². The number of hydrogen-bond acceptors (Lipinski definition) is 4. The van der Waals surface area contributed by atoms with Crippen molar-refractivity contribution in [2.24, 2.45) is 0 Å². The summed E-state index contributed by atoms with van der Waals surface area (Å²) in [5.41, 5.74) is 1.50. The third-order valence-corrected chi connectivity index (χ3v) is 10.3. The molecule has 0 spiro atoms. The maximum atomic E-state index is 14.5. The Morgan fingerprint density at radius 1 is 0.783 bits per heavy atom. The summed E-state index contributed by atoms with van der Waals surface area (Å²) in [4.78, 5) is 29.8. The van der Waals surface area contributed by atoms with Crippen LogP contribution in [0.2, 0.25) is 20.1 Å². The number of halogens is 4. The van der Waals surface area contributed by atoms with Gasteiger partial charge in [-0.3, -0.25) is 13.9 Å². The average molecular weight is 722 g/mol. The van der Waals surface area contributed by atoms with E-state index in [1.165, 1.54) is 35.2 Å². The molecule has 4 aromatic rings. The van der Waals surface area contributed by atoms with Crippen LogP contribution in [0.4, 0.5) is 5.69 Å². The Labute approximate surface area is 290 Å². The van der Waals surface area contributed by atoms with Crippen molar-refractivity contribution in [2.75, 3.05) is 10.8 Å². The first-order valence-corrected chi connectivity index (χ1v) is 17.5. The molecule has 0 aromatic heterocycles. The molecule has 2 amide bonds. The number of sulfonamides is 1. The number of amides is 2. The maximum absolute atomic E-state index is 14.5. The second-order valence-electron chi connectivity index (χ2n) is 10.7. The van der Waals surface area contributed by atoms with Crippen molar-refractivity contribution in [1.82, 2.24) is 10.2 Å². The maximum Gasteiger partial charge on any atom is 0.264 e. The number of nitrogens with one attached hydrogen (secondary N) is 1. The number of carbonyl (C=O) groups excluding carboxylic acids is 2. The quantitative estimate of drug-likeness (QED) is 0.152. The molecule has 0 aliphatic carbocycles. The molecule has 46 heavy (non-hydrogen) atoms. The number of rotatable bonds is 13. The van der Waals surface area contributed by atoms with Crippen LogP contribution in [-0.2, 0) is 32.6 Å². The van der Waals surface area contributed by atoms with Crippen LogP contribution < -0.4 is 9.62 Å². The van der Waals surface area contributed by atoms with Crippen LogP contribution in [0.15, 0.2) is 102 Å². The van der Waals surface area contributed by atoms with E-state index in [1.54, 1.807) is 36.4 Å². The van der Waals surface area contributed by atoms with Crippen LogP contribution in [0.25, 0.3) is 0 Å². The molecule has 12 heteroatoms. The molecule has 242 valence electrons. The minimum absolute atomic E-state index is 0.0368. The van der Waals surface area contributed by atoms with Gasteiger partial charge >= 0.3 is 0 Å². The van der Waals surface area contributed by atoms with Gasteiger partial charge in [0.05, 0.1) is 20.6 Å². The van der Waals surface area contributed by atoms with Gasteiger partial charge in [-0.25, -0.2) is 8.42 Å². The van der Waals surface area contributed by atoms with Gasteiger partial charge in [-0.15, -0.1) is 0 Å². The van der Waals surface area contributed by atoms with Crippen LogP contribution in [0.3, 0.4) is 0 Å². The zero-order chi connectivity index (χ0) is 33.4. The lowest BCUT2D eigenvalue weighted by molar-refractivity contribution is -0.140. The molecule has 2 atom stereocenters. The van der Waals surface area contributed by atoms with E-state index in [0.717, 1.165) is 9.87 Å². The number of anilines is 1. The summed E-state index contributed by atoms with van der Waals surface area (Å²) in [5.74, 6) is -1.02. The Balaban J connectivity index is 1.84. The molecular formula is C34H33Cl4N3O4S. The molecule has 0 aliphatic heterocycles. The van der Waals surface area contributed by atoms with Crippen molar-refractivity contribution in [2.45, 2.75) is 50.2 Å². The molecule has 0 aliphatic rings. The van der Waals surface area contributed by atoms with Gasteiger partial charge in [0.2, 0.25) is 11.8 Å². The van der Waals surface area contributed by atoms with E-state index >= 15 is 0 Å². The fourth-order valence-electron chi connectivity index (χ4n) is 4.76. The van der Waals surface area contributed by atoms with Gasteiger partial charge in [-0.1, -0.05) is 108 Å². The number of benzene rings is 4. The SMILES string of the molecule is CC[C@@H](C)NC(=O)[C@H](Cc1ccccc1)N(Cc1ccc(Cl)c(Cl)c1)C(=O)CN(c1cc(Cl)cc(Cl)c1)S(=O)(=O)c1ccccc1. The summed E-state index contributed by atoms with van der Waals surface area (Å²) in [7, 11) is -4.30. The lowest BCUT2D eigenvalue weighted by Gasteiger charge is -2.34. The smallest absolute Gasteiger partial charge is 0.264 e. The Morgan fingerprint density at radius 2 is 1.39 bits per heavy atom. The normalized spacial score (nSPS) is 12.7. The van der Waals surface area contributed by atoms with Gasteiger partial charge in [-0.05, 0) is 66.9 Å². The topological polar surface area (TPSA) is 86.8 Å². The number of carbonyl (C=O) groups is 2. The Morgan fingerprint density at radius 3 is 1.98 bits per heavy atom. The summed E-state index contributed by atoms with van der Waals surface area (Å²) in [6, 6.07) is 25.1. The summed E-state index contributed by atoms with van der Waals surface area (Å²) in [5, 5.41) is 3.98. The van der Waals surface area contributed by atoms with Crippen molar-refractivity contribution in [3.05, 3.63) is 128 Å². The second kappa shape index (κ2) is 16.0. The van der Waals surface area contributed by atoms with Crippen molar-refractivity contribution in [1.29, 1.82) is 0 Å². The largest absolute Gasteiger partial charge is 0.352 e. The molecule has 1 N–H and O–H groups in total. The molecule has 0 saturated carbocycles. The molecule has 0 bridgehead atoms. The predicted molar refractivity (Wildman–Crippen MR) is 186 cm³/mol. The third kappa shape index (κ3) is 9.17. The Bertz CT molecular complexity index is 1760. The molecule has 7 nitrogen and oxygen atoms in total. The summed E-state index contributed by atoms with van der Waals surface area (Å²) >= 11 is 25.1. The molecular weight excluding hydrogens is 688 g/mol. The molecule has 0 heterocycles. The van der Waals surface area contributed by atoms with E-state index in [9.17, 15) is 18.0 Å². The predicted octanol–water partition coefficient (Wildman–Crippen LogP) is 8.05. The molecule has 0 radical (unpaired) electrons. The van der Waals surface area contributed by atoms with Crippen LogP contribution in [0.5, 0.6) is 0 Å². The van der Waals surface area contributed by atoms with Gasteiger partial charge in [0.15, 0.2) is 0 Å². The fraction of sp³-hybridized carbons (Fsp3) is 0.235. The highest BCUT2D eigenvalue weighted by molar-refractivity contribution is 7.92. The second-order valence-corrected chi connectivity index (χ2v) is 14.3. The zero-order valence-corrected chi connectivity index (χ0v) is 29.0. The minimum Gasteiger partial charge on any atom is -0.352 e. The fourth-order valence-corrected chi connectivity index (χ4v) is 7.02. The van der Waals surface area contributed by atoms with Crippen LogP contribution in [0.1, 0.15) is 31.4 Å². The highest BCUT2D eigenvalue weighted by Gasteiger charge is 2.35. The molecule has 4 rings (SSSR count). The lowest BCUT2D eigenvalue weighted by atomic mass is 10.0. The van der Waals surface area contributed by atoms with E-state index in [-0.39, 0.29) is 50.6 Å². The van der Waals surface area contributed by atoms with E-state index < -0.39 is 28.5 Å². The van der Waals surface area contributed by atoms with Crippen molar-refractivity contribution in [3.8, 4) is 0 Å². The number of nitrogens with zero attached hydrogens (tertiary/aromatic N) is 2. The van der Waals surface area contributed by atoms with Gasteiger partial charge in [0.1, 0.15) is 12.6 Å². The lowest BCUT2D eigenvalue weighted by Crippen LogP contribution is -2.54. The van der Waals surface area contributed by atoms with Crippen molar-refractivity contribution in [3.63, 3.8) is 0 Å². The highest BCUT2D eigenvalue weighted by atomic mass is 35.5. The van der Waals surface area contributed by atoms with Gasteiger partial charge in [-0.2, -0.15) is 0 Å². The van der Waals surface area contributed by atoms with E-state index in [2.05, 4.69) is 5.32 Å². The average Bonchev–Trinajstić information content (AvgIpc) is 3.03. The van der Waals surface area contributed by atoms with Gasteiger partial charge in [0, 0.05) is 29.1 Å². The molecule has 4 aromatic carbocycles. The van der Waals surface area contributed by atoms with E-state index in [4.69, 9.17) is 46.4 Å². The minimum atomic E-state index is -4.30. The first-order chi connectivity index (χ1) is 21.9. The Kier molecular flexibility index (Phi) is 12.4. The van der Waals surface area contributed by atoms with E-state index in [0.29, 0.717) is 17.0 Å². The molecule has 0 unspecified atom stereocenters. The Hall–Kier alpha value is -3.27. The summed E-state index contributed by atoms with van der Waals surface area (Å²) < 4.78 is 29.1. The number of hydrogen-bond donors (Lipinski definition) is 1. The van der Waals surface area contributed by atoms with Crippen molar-refractivity contribution >= 4 is 73.9 Å². The molecule has 0 saturated heterocycles. The highest BCUT2D eigenvalue weighted by Crippen LogP contribution is 2.31. The standard InChI is InChI=1S/C34H33Cl4N3O4S/c1-3-23(2)39-34(43)32(17-24-10-6-4-7-11-24)40(21-25-14-15-30(37)31(38)16-25)33(42)22-41(28-19-26(35)18-27(36)20-28)46(44,45)29-12-8-5-9-13-29/h4-16,18-20,23,32H,3,17,21-22H2,1-2H3,(H,39,43)/t23-,32+/m1/s1. The first kappa shape index (κ1) is 35.6. The summed E-state index contributed by atoms with van der Waals surface area (Å²) in [6.07, 6.45) is 0.841. The van der Waals surface area contributed by atoms with Gasteiger partial charge < -0.3 is 10.2 Å². The first-order valence-electron chi connectivity index (χ1n) is 14.5. The van der Waals surface area contributed by atoms with Gasteiger partial charge in [0.25, 0.3) is 10.0 Å². The van der Waals surface area contributed by atoms with Crippen LogP contribution in [-0.4, -0.2) is 43.8 Å². The summed E-state index contributed by atoms with van der Waals surface area (Å²) in [6.45, 7) is 3.10. The molecule has 0 fully saturated rings. The monoisotopic (exact) mass is 719 g/mol.